The number of aromatic nitrogens is 2. The number of ketones is 1. The molecular formula is C28H21FN2O3. The van der Waals surface area contributed by atoms with Crippen LogP contribution >= 0.6 is 0 Å². The lowest BCUT2D eigenvalue weighted by Crippen LogP contribution is -1.95. The molecule has 0 fully saturated rings. The summed E-state index contributed by atoms with van der Waals surface area (Å²) in [6.45, 7) is 0. The highest BCUT2D eigenvalue weighted by Crippen LogP contribution is 2.36. The maximum Gasteiger partial charge on any atom is 0.185 e. The number of carbonyl (C=O) groups excluding carboxylic acids is 1. The Labute approximate surface area is 195 Å². The highest BCUT2D eigenvalue weighted by atomic mass is 19.1. The minimum Gasteiger partial charge on any atom is -0.493 e. The van der Waals surface area contributed by atoms with E-state index in [-0.39, 0.29) is 11.6 Å². The minimum atomic E-state index is -0.383. The highest BCUT2D eigenvalue weighted by molar-refractivity contribution is 6.12. The van der Waals surface area contributed by atoms with Crippen molar-refractivity contribution in [3.63, 3.8) is 0 Å². The Morgan fingerprint density at radius 3 is 2.44 bits per heavy atom. The van der Waals surface area contributed by atoms with E-state index in [1.54, 1.807) is 20.3 Å². The SMILES string of the molecule is COc1ccc(-c2nc(/C=C/C(=O)c3ccc(F)cc3)cc3c2[nH]c2ccccc23)cc1OC. The van der Waals surface area contributed by atoms with Gasteiger partial charge < -0.3 is 14.5 Å². The number of allylic oxidation sites excluding steroid dienone is 1. The fourth-order valence-corrected chi connectivity index (χ4v) is 4.01. The van der Waals surface area contributed by atoms with Crippen LogP contribution in [-0.2, 0) is 0 Å². The smallest absolute Gasteiger partial charge is 0.185 e. The van der Waals surface area contributed by atoms with Crippen LogP contribution in [0.3, 0.4) is 0 Å². The molecule has 34 heavy (non-hydrogen) atoms. The van der Waals surface area contributed by atoms with Crippen LogP contribution in [0.15, 0.2) is 78.9 Å². The molecule has 2 heterocycles. The predicted molar refractivity (Wildman–Crippen MR) is 132 cm³/mol. The number of H-pyrrole nitrogens is 1. The molecule has 0 spiro atoms. The topological polar surface area (TPSA) is 64.2 Å². The first kappa shape index (κ1) is 21.4. The first-order valence-corrected chi connectivity index (χ1v) is 10.7. The molecule has 0 aliphatic carbocycles. The number of fused-ring (bicyclic) bond motifs is 3. The van der Waals surface area contributed by atoms with Crippen molar-refractivity contribution in [3.05, 3.63) is 95.9 Å². The third-order valence-electron chi connectivity index (χ3n) is 5.71. The van der Waals surface area contributed by atoms with E-state index in [2.05, 4.69) is 4.98 Å². The number of halogens is 1. The van der Waals surface area contributed by atoms with Gasteiger partial charge in [0.05, 0.1) is 31.1 Å². The molecule has 3 aromatic carbocycles. The second kappa shape index (κ2) is 8.83. The third-order valence-corrected chi connectivity index (χ3v) is 5.71. The standard InChI is InChI=1S/C28H21FN2O3/c1-33-25-14-9-18(15-26(25)34-2)27-28-22(21-5-3-4-6-23(21)31-28)16-20(30-27)12-13-24(32)17-7-10-19(29)11-8-17/h3-16,31H,1-2H3/b13-12+. The summed E-state index contributed by atoms with van der Waals surface area (Å²) in [5.74, 6) is 0.610. The van der Waals surface area contributed by atoms with Crippen molar-refractivity contribution in [3.8, 4) is 22.8 Å². The van der Waals surface area contributed by atoms with Gasteiger partial charge in [0.2, 0.25) is 0 Å². The molecule has 168 valence electrons. The zero-order valence-electron chi connectivity index (χ0n) is 18.6. The molecule has 0 aliphatic rings. The normalized spacial score (nSPS) is 11.4. The van der Waals surface area contributed by atoms with Crippen LogP contribution in [0.1, 0.15) is 16.1 Å². The van der Waals surface area contributed by atoms with Crippen LogP contribution in [0.2, 0.25) is 0 Å². The molecule has 0 atom stereocenters. The van der Waals surface area contributed by atoms with E-state index in [0.717, 1.165) is 33.1 Å². The van der Waals surface area contributed by atoms with Gasteiger partial charge in [-0.1, -0.05) is 18.2 Å². The zero-order valence-corrected chi connectivity index (χ0v) is 18.6. The van der Waals surface area contributed by atoms with E-state index < -0.39 is 0 Å². The first-order valence-electron chi connectivity index (χ1n) is 10.7. The van der Waals surface area contributed by atoms with E-state index in [1.165, 1.54) is 30.3 Å². The van der Waals surface area contributed by atoms with Crippen molar-refractivity contribution in [2.45, 2.75) is 0 Å². The molecule has 6 heteroatoms. The molecule has 0 saturated carbocycles. The van der Waals surface area contributed by atoms with Crippen LogP contribution in [0, 0.1) is 5.82 Å². The van der Waals surface area contributed by atoms with Gasteiger partial charge in [0.1, 0.15) is 5.82 Å². The summed E-state index contributed by atoms with van der Waals surface area (Å²) in [6, 6.07) is 21.1. The van der Waals surface area contributed by atoms with Gasteiger partial charge in [0.25, 0.3) is 0 Å². The predicted octanol–water partition coefficient (Wildman–Crippen LogP) is 6.44. The fraction of sp³-hybridized carbons (Fsp3) is 0.0714. The molecule has 1 N–H and O–H groups in total. The average Bonchev–Trinajstić information content (AvgIpc) is 3.25. The number of methoxy groups -OCH3 is 2. The molecule has 0 unspecified atom stereocenters. The fourth-order valence-electron chi connectivity index (χ4n) is 4.01. The van der Waals surface area contributed by atoms with Crippen molar-refractivity contribution in [2.24, 2.45) is 0 Å². The Kier molecular flexibility index (Phi) is 5.55. The van der Waals surface area contributed by atoms with Gasteiger partial charge in [0.15, 0.2) is 17.3 Å². The van der Waals surface area contributed by atoms with E-state index in [9.17, 15) is 9.18 Å². The number of benzene rings is 3. The van der Waals surface area contributed by atoms with Gasteiger partial charge in [-0.2, -0.15) is 0 Å². The first-order chi connectivity index (χ1) is 16.6. The zero-order chi connectivity index (χ0) is 23.7. The number of rotatable bonds is 6. The van der Waals surface area contributed by atoms with Gasteiger partial charge in [-0.15, -0.1) is 0 Å². The Morgan fingerprint density at radius 1 is 0.912 bits per heavy atom. The third kappa shape index (κ3) is 3.90. The summed E-state index contributed by atoms with van der Waals surface area (Å²) < 4.78 is 24.1. The van der Waals surface area contributed by atoms with Gasteiger partial charge in [0, 0.05) is 27.4 Å². The maximum absolute atomic E-state index is 13.2. The van der Waals surface area contributed by atoms with Crippen LogP contribution in [0.25, 0.3) is 39.1 Å². The van der Waals surface area contributed by atoms with Crippen LogP contribution in [-0.4, -0.2) is 30.0 Å². The van der Waals surface area contributed by atoms with E-state index in [1.807, 2.05) is 48.5 Å². The summed E-state index contributed by atoms with van der Waals surface area (Å²) in [6.07, 6.45) is 3.13. The molecule has 0 bridgehead atoms. The van der Waals surface area contributed by atoms with Crippen molar-refractivity contribution >= 4 is 33.7 Å². The number of carbonyl (C=O) groups is 1. The quantitative estimate of drug-likeness (QED) is 0.238. The summed E-state index contributed by atoms with van der Waals surface area (Å²) in [5, 5.41) is 2.05. The van der Waals surface area contributed by atoms with E-state index >= 15 is 0 Å². The van der Waals surface area contributed by atoms with E-state index in [0.29, 0.717) is 22.8 Å². The summed E-state index contributed by atoms with van der Waals surface area (Å²) >= 11 is 0. The van der Waals surface area contributed by atoms with Gasteiger partial charge >= 0.3 is 0 Å². The number of nitrogens with one attached hydrogen (secondary N) is 1. The largest absolute Gasteiger partial charge is 0.493 e. The van der Waals surface area contributed by atoms with Crippen LogP contribution in [0.5, 0.6) is 11.5 Å². The Bertz CT molecular complexity index is 1550. The minimum absolute atomic E-state index is 0.228. The second-order valence-corrected chi connectivity index (χ2v) is 7.76. The summed E-state index contributed by atoms with van der Waals surface area (Å²) in [4.78, 5) is 20.9. The van der Waals surface area contributed by atoms with E-state index in [4.69, 9.17) is 14.5 Å². The highest BCUT2D eigenvalue weighted by Gasteiger charge is 2.15. The van der Waals surface area contributed by atoms with Crippen LogP contribution < -0.4 is 9.47 Å². The molecule has 2 aromatic heterocycles. The molecular weight excluding hydrogens is 431 g/mol. The maximum atomic E-state index is 13.2. The lowest BCUT2D eigenvalue weighted by molar-refractivity contribution is 0.104. The number of ether oxygens (including phenoxy) is 2. The lowest BCUT2D eigenvalue weighted by Gasteiger charge is -2.10. The Morgan fingerprint density at radius 2 is 1.68 bits per heavy atom. The number of pyridine rings is 1. The van der Waals surface area contributed by atoms with Crippen molar-refractivity contribution < 1.29 is 18.7 Å². The monoisotopic (exact) mass is 452 g/mol. The molecule has 5 aromatic rings. The number of para-hydroxylation sites is 1. The van der Waals surface area contributed by atoms with Crippen molar-refractivity contribution in [1.82, 2.24) is 9.97 Å². The lowest BCUT2D eigenvalue weighted by atomic mass is 10.1. The average molecular weight is 452 g/mol. The molecule has 5 nitrogen and oxygen atoms in total. The molecule has 0 aliphatic heterocycles. The van der Waals surface area contributed by atoms with Gasteiger partial charge in [-0.05, 0) is 66.7 Å². The second-order valence-electron chi connectivity index (χ2n) is 7.76. The number of nitrogens with zero attached hydrogens (tertiary/aromatic N) is 1. The Balaban J connectivity index is 1.65. The molecule has 5 rings (SSSR count). The molecule has 0 saturated heterocycles. The Hall–Kier alpha value is -4.45. The molecule has 0 radical (unpaired) electrons. The van der Waals surface area contributed by atoms with Crippen LogP contribution in [0.4, 0.5) is 4.39 Å². The van der Waals surface area contributed by atoms with Gasteiger partial charge in [-0.25, -0.2) is 9.37 Å². The van der Waals surface area contributed by atoms with Gasteiger partial charge in [-0.3, -0.25) is 4.79 Å². The molecule has 0 amide bonds. The number of aromatic amines is 1. The van der Waals surface area contributed by atoms with Crippen molar-refractivity contribution in [1.29, 1.82) is 0 Å². The van der Waals surface area contributed by atoms with Crippen molar-refractivity contribution in [2.75, 3.05) is 14.2 Å². The summed E-state index contributed by atoms with van der Waals surface area (Å²) in [5.41, 5.74) is 4.47. The number of hydrogen-bond donors (Lipinski definition) is 1. The summed E-state index contributed by atoms with van der Waals surface area (Å²) in [7, 11) is 3.18. The number of hydrogen-bond acceptors (Lipinski definition) is 4.